The molecule has 1 aromatic heterocycles. The molecule has 0 aliphatic rings. The lowest BCUT2D eigenvalue weighted by molar-refractivity contribution is 0.306. The van der Waals surface area contributed by atoms with Crippen molar-refractivity contribution in [1.82, 2.24) is 4.98 Å². The van der Waals surface area contributed by atoms with Crippen molar-refractivity contribution >= 4 is 22.5 Å². The van der Waals surface area contributed by atoms with Gasteiger partial charge in [-0.3, -0.25) is 0 Å². The Kier molecular flexibility index (Phi) is 4.75. The molecule has 0 atom stereocenters. The Labute approximate surface area is 140 Å². The van der Waals surface area contributed by atoms with Gasteiger partial charge in [0, 0.05) is 16.8 Å². The van der Waals surface area contributed by atoms with E-state index < -0.39 is 0 Å². The summed E-state index contributed by atoms with van der Waals surface area (Å²) in [7, 11) is 0. The van der Waals surface area contributed by atoms with E-state index in [-0.39, 0.29) is 0 Å². The van der Waals surface area contributed by atoms with Gasteiger partial charge in [-0.25, -0.2) is 4.98 Å². The molecular formula is C19H15ClN2O. The summed E-state index contributed by atoms with van der Waals surface area (Å²) in [6.07, 6.45) is 0.710. The fourth-order valence-electron chi connectivity index (χ4n) is 2.53. The Hall–Kier alpha value is -2.57. The summed E-state index contributed by atoms with van der Waals surface area (Å²) in [4.78, 5) is 4.52. The Morgan fingerprint density at radius 2 is 1.78 bits per heavy atom. The van der Waals surface area contributed by atoms with Crippen LogP contribution in [0.25, 0.3) is 22.0 Å². The van der Waals surface area contributed by atoms with Crippen LogP contribution < -0.4 is 4.74 Å². The van der Waals surface area contributed by atoms with Crippen LogP contribution in [0.4, 0.5) is 0 Å². The number of ether oxygens (including phenoxy) is 1. The molecule has 0 fully saturated rings. The second-order valence-electron chi connectivity index (χ2n) is 5.05. The molecular weight excluding hydrogens is 308 g/mol. The number of nitrogens with zero attached hydrogens (tertiary/aromatic N) is 2. The molecule has 0 aliphatic heterocycles. The lowest BCUT2D eigenvalue weighted by atomic mass is 9.96. The predicted octanol–water partition coefficient (Wildman–Crippen LogP) is 4.78. The maximum absolute atomic E-state index is 9.68. The van der Waals surface area contributed by atoms with Gasteiger partial charge in [-0.1, -0.05) is 48.5 Å². The van der Waals surface area contributed by atoms with Crippen molar-refractivity contribution in [3.05, 3.63) is 60.2 Å². The quantitative estimate of drug-likeness (QED) is 0.501. The highest BCUT2D eigenvalue weighted by Gasteiger charge is 2.17. The van der Waals surface area contributed by atoms with Gasteiger partial charge in [-0.15, -0.1) is 11.6 Å². The first-order valence-electron chi connectivity index (χ1n) is 7.42. The van der Waals surface area contributed by atoms with E-state index >= 15 is 0 Å². The average Bonchev–Trinajstić information content (AvgIpc) is 2.61. The van der Waals surface area contributed by atoms with Crippen molar-refractivity contribution < 1.29 is 4.74 Å². The number of alkyl halides is 1. The van der Waals surface area contributed by atoms with Crippen LogP contribution in [0.2, 0.25) is 0 Å². The van der Waals surface area contributed by atoms with Crippen LogP contribution in [0.3, 0.4) is 0 Å². The molecule has 0 radical (unpaired) electrons. The fraction of sp³-hybridized carbons (Fsp3) is 0.158. The maximum Gasteiger partial charge on any atom is 0.232 e. The minimum Gasteiger partial charge on any atom is -0.477 e. The van der Waals surface area contributed by atoms with Crippen LogP contribution in [-0.4, -0.2) is 17.5 Å². The highest BCUT2D eigenvalue weighted by Crippen LogP contribution is 2.35. The Morgan fingerprint density at radius 3 is 2.52 bits per heavy atom. The summed E-state index contributed by atoms with van der Waals surface area (Å²) in [6, 6.07) is 19.9. The van der Waals surface area contributed by atoms with Gasteiger partial charge in [0.25, 0.3) is 0 Å². The average molecular weight is 323 g/mol. The first-order chi connectivity index (χ1) is 11.3. The number of para-hydroxylation sites is 1. The van der Waals surface area contributed by atoms with E-state index in [9.17, 15) is 5.26 Å². The Balaban J connectivity index is 2.24. The fourth-order valence-corrected chi connectivity index (χ4v) is 2.63. The zero-order valence-corrected chi connectivity index (χ0v) is 13.3. The second kappa shape index (κ2) is 7.13. The monoisotopic (exact) mass is 322 g/mol. The summed E-state index contributed by atoms with van der Waals surface area (Å²) >= 11 is 5.70. The first kappa shape index (κ1) is 15.3. The van der Waals surface area contributed by atoms with Gasteiger partial charge in [0.1, 0.15) is 11.6 Å². The van der Waals surface area contributed by atoms with Crippen LogP contribution in [0, 0.1) is 11.3 Å². The van der Waals surface area contributed by atoms with Crippen LogP contribution in [-0.2, 0) is 0 Å². The molecule has 0 unspecified atom stereocenters. The number of nitriles is 1. The topological polar surface area (TPSA) is 45.9 Å². The standard InChI is InChI=1S/C19H15ClN2O/c20-11-6-12-23-19-16(13-21)18(14-7-2-1-3-8-14)15-9-4-5-10-17(15)22-19/h1-5,7-10H,6,11-12H2. The van der Waals surface area contributed by atoms with Crippen molar-refractivity contribution in [2.24, 2.45) is 0 Å². The lowest BCUT2D eigenvalue weighted by Crippen LogP contribution is -2.03. The van der Waals surface area contributed by atoms with Crippen LogP contribution in [0.1, 0.15) is 12.0 Å². The van der Waals surface area contributed by atoms with Gasteiger partial charge in [0.15, 0.2) is 0 Å². The molecule has 0 aliphatic carbocycles. The summed E-state index contributed by atoms with van der Waals surface area (Å²) in [5.74, 6) is 0.885. The van der Waals surface area contributed by atoms with Gasteiger partial charge >= 0.3 is 0 Å². The van der Waals surface area contributed by atoms with Crippen LogP contribution in [0.5, 0.6) is 5.88 Å². The van der Waals surface area contributed by atoms with Crippen molar-refractivity contribution in [3.63, 3.8) is 0 Å². The van der Waals surface area contributed by atoms with E-state index in [2.05, 4.69) is 11.1 Å². The molecule has 0 amide bonds. The van der Waals surface area contributed by atoms with Crippen LogP contribution >= 0.6 is 11.6 Å². The maximum atomic E-state index is 9.68. The van der Waals surface area contributed by atoms with Gasteiger partial charge < -0.3 is 4.74 Å². The molecule has 3 nitrogen and oxygen atoms in total. The number of benzene rings is 2. The number of hydrogen-bond acceptors (Lipinski definition) is 3. The molecule has 1 heterocycles. The molecule has 3 rings (SSSR count). The molecule has 23 heavy (non-hydrogen) atoms. The van der Waals surface area contributed by atoms with Gasteiger partial charge in [0.05, 0.1) is 12.1 Å². The Bertz CT molecular complexity index is 856. The highest BCUT2D eigenvalue weighted by molar-refractivity contribution is 6.17. The highest BCUT2D eigenvalue weighted by atomic mass is 35.5. The largest absolute Gasteiger partial charge is 0.477 e. The molecule has 0 saturated heterocycles. The molecule has 0 saturated carbocycles. The molecule has 3 aromatic rings. The lowest BCUT2D eigenvalue weighted by Gasteiger charge is -2.13. The summed E-state index contributed by atoms with van der Waals surface area (Å²) in [5.41, 5.74) is 3.11. The molecule has 0 N–H and O–H groups in total. The van der Waals surface area contributed by atoms with Gasteiger partial charge in [-0.05, 0) is 18.1 Å². The molecule has 0 bridgehead atoms. The minimum atomic E-state index is 0.371. The number of halogens is 1. The first-order valence-corrected chi connectivity index (χ1v) is 7.95. The third-order valence-corrected chi connectivity index (χ3v) is 3.82. The summed E-state index contributed by atoms with van der Waals surface area (Å²) in [6.45, 7) is 0.442. The molecule has 0 spiro atoms. The van der Waals surface area contributed by atoms with E-state index in [4.69, 9.17) is 16.3 Å². The van der Waals surface area contributed by atoms with Gasteiger partial charge in [-0.2, -0.15) is 5.26 Å². The van der Waals surface area contributed by atoms with Crippen molar-refractivity contribution in [2.75, 3.05) is 12.5 Å². The van der Waals surface area contributed by atoms with Crippen molar-refractivity contribution in [3.8, 4) is 23.1 Å². The Morgan fingerprint density at radius 1 is 1.04 bits per heavy atom. The van der Waals surface area contributed by atoms with Crippen molar-refractivity contribution in [1.29, 1.82) is 5.26 Å². The number of pyridine rings is 1. The number of fused-ring (bicyclic) bond motifs is 1. The third-order valence-electron chi connectivity index (χ3n) is 3.55. The normalized spacial score (nSPS) is 10.4. The van der Waals surface area contributed by atoms with E-state index in [1.807, 2.05) is 54.6 Å². The second-order valence-corrected chi connectivity index (χ2v) is 5.43. The van der Waals surface area contributed by atoms with E-state index in [1.54, 1.807) is 0 Å². The third kappa shape index (κ3) is 3.13. The summed E-state index contributed by atoms with van der Waals surface area (Å²) in [5, 5.41) is 10.6. The van der Waals surface area contributed by atoms with E-state index in [1.165, 1.54) is 0 Å². The van der Waals surface area contributed by atoms with E-state index in [0.717, 1.165) is 22.0 Å². The van der Waals surface area contributed by atoms with Gasteiger partial charge in [0.2, 0.25) is 5.88 Å². The number of rotatable bonds is 5. The summed E-state index contributed by atoms with van der Waals surface area (Å²) < 4.78 is 5.72. The smallest absolute Gasteiger partial charge is 0.232 e. The zero-order chi connectivity index (χ0) is 16.1. The van der Waals surface area contributed by atoms with Crippen molar-refractivity contribution in [2.45, 2.75) is 6.42 Å². The minimum absolute atomic E-state index is 0.371. The molecule has 114 valence electrons. The number of hydrogen-bond donors (Lipinski definition) is 0. The predicted molar refractivity (Wildman–Crippen MR) is 92.7 cm³/mol. The molecule has 4 heteroatoms. The SMILES string of the molecule is N#Cc1c(OCCCCl)nc2ccccc2c1-c1ccccc1. The zero-order valence-electron chi connectivity index (χ0n) is 12.5. The molecule has 2 aromatic carbocycles. The number of aromatic nitrogens is 1. The van der Waals surface area contributed by atoms with E-state index in [0.29, 0.717) is 30.4 Å². The van der Waals surface area contributed by atoms with Crippen LogP contribution in [0.15, 0.2) is 54.6 Å².